The fourth-order valence-corrected chi connectivity index (χ4v) is 2.76. The van der Waals surface area contributed by atoms with Gasteiger partial charge in [0.2, 0.25) is 11.8 Å². The Labute approximate surface area is 124 Å². The number of hydrogen-bond acceptors (Lipinski definition) is 5. The van der Waals surface area contributed by atoms with Gasteiger partial charge in [-0.05, 0) is 26.7 Å². The second-order valence-corrected chi connectivity index (χ2v) is 5.53. The minimum atomic E-state index is -0.965. The average molecular weight is 293 g/mol. The molecule has 0 bridgehead atoms. The third kappa shape index (κ3) is 3.83. The van der Waals surface area contributed by atoms with Crippen molar-refractivity contribution >= 4 is 11.9 Å². The van der Waals surface area contributed by atoms with Crippen LogP contribution in [0.2, 0.25) is 0 Å². The average Bonchev–Trinajstić information content (AvgIpc) is 2.65. The van der Waals surface area contributed by atoms with Gasteiger partial charge in [-0.2, -0.15) is 4.98 Å². The molecule has 0 atom stereocenters. The van der Waals surface area contributed by atoms with Crippen LogP contribution in [0.5, 0.6) is 5.88 Å². The van der Waals surface area contributed by atoms with E-state index < -0.39 is 11.5 Å². The summed E-state index contributed by atoms with van der Waals surface area (Å²) in [7, 11) is 0. The van der Waals surface area contributed by atoms with Crippen molar-refractivity contribution in [2.75, 3.05) is 11.9 Å². The third-order valence-corrected chi connectivity index (χ3v) is 3.84. The van der Waals surface area contributed by atoms with Gasteiger partial charge in [0.05, 0.1) is 6.61 Å². The number of carboxylic acid groups (broad SMARTS) is 1. The van der Waals surface area contributed by atoms with Crippen molar-refractivity contribution in [2.45, 2.75) is 57.9 Å². The van der Waals surface area contributed by atoms with Crippen LogP contribution in [0.3, 0.4) is 0 Å². The first-order valence-electron chi connectivity index (χ1n) is 7.56. The number of anilines is 1. The number of aryl methyl sites for hydroxylation is 1. The number of carbonyl (C=O) groups is 1. The van der Waals surface area contributed by atoms with E-state index in [1.807, 2.05) is 13.8 Å². The van der Waals surface area contributed by atoms with Gasteiger partial charge in [-0.25, -0.2) is 9.78 Å². The van der Waals surface area contributed by atoms with E-state index in [0.29, 0.717) is 31.3 Å². The fraction of sp³-hybridized carbons (Fsp3) is 0.667. The standard InChI is InChI=1S/C15H23N3O3/c1-3-21-12-10-11(2)16-14(17-12)18-15(13(19)20)8-6-4-5-7-9-15/h10H,3-9H2,1-2H3,(H,19,20)(H,16,17,18). The monoisotopic (exact) mass is 293 g/mol. The maximum Gasteiger partial charge on any atom is 0.329 e. The molecule has 6 nitrogen and oxygen atoms in total. The summed E-state index contributed by atoms with van der Waals surface area (Å²) in [6.07, 6.45) is 5.17. The summed E-state index contributed by atoms with van der Waals surface area (Å²) < 4.78 is 5.40. The summed E-state index contributed by atoms with van der Waals surface area (Å²) in [5.74, 6) is -0.0168. The zero-order chi connectivity index (χ0) is 15.3. The van der Waals surface area contributed by atoms with Crippen LogP contribution in [0, 0.1) is 6.92 Å². The van der Waals surface area contributed by atoms with Crippen LogP contribution in [0.1, 0.15) is 51.1 Å². The van der Waals surface area contributed by atoms with Crippen molar-refractivity contribution in [1.29, 1.82) is 0 Å². The van der Waals surface area contributed by atoms with Gasteiger partial charge in [0.25, 0.3) is 0 Å². The molecule has 0 spiro atoms. The van der Waals surface area contributed by atoms with E-state index >= 15 is 0 Å². The van der Waals surface area contributed by atoms with E-state index in [4.69, 9.17) is 4.74 Å². The molecule has 2 N–H and O–H groups in total. The number of rotatable bonds is 5. The van der Waals surface area contributed by atoms with Crippen LogP contribution in [0.25, 0.3) is 0 Å². The van der Waals surface area contributed by atoms with Crippen LogP contribution >= 0.6 is 0 Å². The highest BCUT2D eigenvalue weighted by molar-refractivity contribution is 5.82. The zero-order valence-electron chi connectivity index (χ0n) is 12.7. The minimum absolute atomic E-state index is 0.336. The lowest BCUT2D eigenvalue weighted by atomic mass is 9.90. The quantitative estimate of drug-likeness (QED) is 0.812. The molecule has 1 heterocycles. The Morgan fingerprint density at radius 2 is 2.00 bits per heavy atom. The first-order chi connectivity index (χ1) is 10.1. The van der Waals surface area contributed by atoms with E-state index in [2.05, 4.69) is 15.3 Å². The number of carboxylic acids is 1. The molecule has 0 saturated heterocycles. The highest BCUT2D eigenvalue weighted by atomic mass is 16.5. The van der Waals surface area contributed by atoms with Crippen molar-refractivity contribution in [3.05, 3.63) is 11.8 Å². The van der Waals surface area contributed by atoms with Crippen LogP contribution in [-0.4, -0.2) is 33.2 Å². The van der Waals surface area contributed by atoms with Gasteiger partial charge >= 0.3 is 5.97 Å². The molecular weight excluding hydrogens is 270 g/mol. The first-order valence-corrected chi connectivity index (χ1v) is 7.56. The molecule has 1 fully saturated rings. The Morgan fingerprint density at radius 3 is 2.57 bits per heavy atom. The molecule has 21 heavy (non-hydrogen) atoms. The van der Waals surface area contributed by atoms with Crippen molar-refractivity contribution in [1.82, 2.24) is 9.97 Å². The summed E-state index contributed by atoms with van der Waals surface area (Å²) >= 11 is 0. The van der Waals surface area contributed by atoms with Gasteiger partial charge in [0, 0.05) is 11.8 Å². The van der Waals surface area contributed by atoms with E-state index in [1.54, 1.807) is 6.07 Å². The Balaban J connectivity index is 2.25. The Morgan fingerprint density at radius 1 is 1.33 bits per heavy atom. The molecule has 0 radical (unpaired) electrons. The number of hydrogen-bond donors (Lipinski definition) is 2. The fourth-order valence-electron chi connectivity index (χ4n) is 2.76. The lowest BCUT2D eigenvalue weighted by molar-refractivity contribution is -0.142. The zero-order valence-corrected chi connectivity index (χ0v) is 12.7. The lowest BCUT2D eigenvalue weighted by Gasteiger charge is -2.29. The Hall–Kier alpha value is -1.85. The number of nitrogens with zero attached hydrogens (tertiary/aromatic N) is 2. The second-order valence-electron chi connectivity index (χ2n) is 5.53. The molecule has 1 aromatic heterocycles. The highest BCUT2D eigenvalue weighted by Crippen LogP contribution is 2.30. The highest BCUT2D eigenvalue weighted by Gasteiger charge is 2.39. The molecule has 1 aromatic rings. The van der Waals surface area contributed by atoms with Gasteiger partial charge in [0.1, 0.15) is 5.54 Å². The summed E-state index contributed by atoms with van der Waals surface area (Å²) in [5, 5.41) is 12.7. The molecule has 1 saturated carbocycles. The van der Waals surface area contributed by atoms with Gasteiger partial charge in [0.15, 0.2) is 0 Å². The number of ether oxygens (including phenoxy) is 1. The Kier molecular flexibility index (Phi) is 4.98. The number of aliphatic carboxylic acids is 1. The molecule has 0 aliphatic heterocycles. The smallest absolute Gasteiger partial charge is 0.329 e. The van der Waals surface area contributed by atoms with Gasteiger partial charge < -0.3 is 15.2 Å². The predicted octanol–water partition coefficient (Wildman–Crippen LogP) is 2.77. The van der Waals surface area contributed by atoms with Crippen molar-refractivity contribution in [3.63, 3.8) is 0 Å². The Bertz CT molecular complexity index is 497. The van der Waals surface area contributed by atoms with Gasteiger partial charge in [-0.15, -0.1) is 0 Å². The van der Waals surface area contributed by atoms with Gasteiger partial charge in [-0.3, -0.25) is 0 Å². The van der Waals surface area contributed by atoms with Crippen LogP contribution in [-0.2, 0) is 4.79 Å². The molecule has 0 unspecified atom stereocenters. The van der Waals surface area contributed by atoms with Crippen LogP contribution < -0.4 is 10.1 Å². The molecule has 116 valence electrons. The van der Waals surface area contributed by atoms with E-state index in [0.717, 1.165) is 31.4 Å². The van der Waals surface area contributed by atoms with Crippen molar-refractivity contribution < 1.29 is 14.6 Å². The second kappa shape index (κ2) is 6.74. The normalized spacial score (nSPS) is 17.8. The van der Waals surface area contributed by atoms with Crippen LogP contribution in [0.4, 0.5) is 5.95 Å². The van der Waals surface area contributed by atoms with Crippen molar-refractivity contribution in [3.8, 4) is 5.88 Å². The maximum absolute atomic E-state index is 11.8. The SMILES string of the molecule is CCOc1cc(C)nc(NC2(C(=O)O)CCCCCC2)n1. The summed E-state index contributed by atoms with van der Waals surface area (Å²) in [6, 6.07) is 1.75. The van der Waals surface area contributed by atoms with Crippen LogP contribution in [0.15, 0.2) is 6.07 Å². The third-order valence-electron chi connectivity index (χ3n) is 3.84. The van der Waals surface area contributed by atoms with Crippen molar-refractivity contribution in [2.24, 2.45) is 0 Å². The largest absolute Gasteiger partial charge is 0.480 e. The molecule has 1 aliphatic rings. The molecule has 0 amide bonds. The van der Waals surface area contributed by atoms with E-state index in [-0.39, 0.29) is 0 Å². The lowest BCUT2D eigenvalue weighted by Crippen LogP contribution is -2.46. The number of nitrogens with one attached hydrogen (secondary N) is 1. The molecular formula is C15H23N3O3. The number of aromatic nitrogens is 2. The topological polar surface area (TPSA) is 84.3 Å². The summed E-state index contributed by atoms with van der Waals surface area (Å²) in [5.41, 5.74) is -0.210. The summed E-state index contributed by atoms with van der Waals surface area (Å²) in [6.45, 7) is 4.24. The first kappa shape index (κ1) is 15.5. The molecule has 0 aromatic carbocycles. The minimum Gasteiger partial charge on any atom is -0.480 e. The molecule has 1 aliphatic carbocycles. The molecule has 2 rings (SSSR count). The van der Waals surface area contributed by atoms with E-state index in [9.17, 15) is 9.90 Å². The predicted molar refractivity (Wildman–Crippen MR) is 79.6 cm³/mol. The summed E-state index contributed by atoms with van der Waals surface area (Å²) in [4.78, 5) is 20.4. The maximum atomic E-state index is 11.8. The molecule has 6 heteroatoms. The van der Waals surface area contributed by atoms with Gasteiger partial charge in [-0.1, -0.05) is 25.7 Å². The van der Waals surface area contributed by atoms with E-state index in [1.165, 1.54) is 0 Å².